The van der Waals surface area contributed by atoms with E-state index in [-0.39, 0.29) is 0 Å². The molecule has 0 amide bonds. The molecule has 0 spiro atoms. The predicted octanol–water partition coefficient (Wildman–Crippen LogP) is 22.3. The summed E-state index contributed by atoms with van der Waals surface area (Å²) in [6.45, 7) is 0. The molecule has 2 heterocycles. The molecule has 0 aliphatic heterocycles. The molecule has 0 saturated carbocycles. The normalized spacial score (nSPS) is 11.5. The average molecular weight is 1050 g/mol. The zero-order valence-electron chi connectivity index (χ0n) is 44.3. The maximum absolute atomic E-state index is 2.45. The summed E-state index contributed by atoms with van der Waals surface area (Å²) in [6.07, 6.45) is 0. The number of para-hydroxylation sites is 2. The van der Waals surface area contributed by atoms with E-state index in [1.807, 2.05) is 11.3 Å². The van der Waals surface area contributed by atoms with Gasteiger partial charge in [-0.25, -0.2) is 0 Å². The molecule has 380 valence electrons. The van der Waals surface area contributed by atoms with E-state index < -0.39 is 0 Å². The van der Waals surface area contributed by atoms with Crippen LogP contribution in [0.2, 0.25) is 0 Å². The van der Waals surface area contributed by atoms with Crippen molar-refractivity contribution in [3.8, 4) is 83.6 Å². The van der Waals surface area contributed by atoms with Gasteiger partial charge in [0.05, 0.1) is 11.0 Å². The summed E-state index contributed by atoms with van der Waals surface area (Å²) in [5.74, 6) is 0. The van der Waals surface area contributed by atoms with Crippen molar-refractivity contribution in [2.75, 3.05) is 4.90 Å². The van der Waals surface area contributed by atoms with E-state index in [4.69, 9.17) is 0 Å². The molecular formula is C78H52N2S. The SMILES string of the molecule is c1ccc(-c2cc(-c3ccccc3)cc(N(c3ccc(-c4cc(-c5ccc6sc7ccccc7c6c5)cc(-c5cccc6c5c5ccccc5n6-c5ccccc5)c4)cc3)c3cc(-c4ccccc4)cc(-c4ccccc4)c3)c2)cc1. The third-order valence-corrected chi connectivity index (χ3v) is 17.1. The van der Waals surface area contributed by atoms with Crippen molar-refractivity contribution < 1.29 is 0 Å². The quantitative estimate of drug-likeness (QED) is 0.125. The first kappa shape index (κ1) is 47.9. The smallest absolute Gasteiger partial charge is 0.0547 e. The van der Waals surface area contributed by atoms with Crippen LogP contribution in [0.5, 0.6) is 0 Å². The highest BCUT2D eigenvalue weighted by Gasteiger charge is 2.21. The van der Waals surface area contributed by atoms with Crippen molar-refractivity contribution in [1.29, 1.82) is 0 Å². The Morgan fingerprint density at radius 3 is 1.20 bits per heavy atom. The van der Waals surface area contributed by atoms with E-state index in [1.165, 1.54) is 64.2 Å². The molecule has 81 heavy (non-hydrogen) atoms. The molecule has 0 unspecified atom stereocenters. The largest absolute Gasteiger partial charge is 0.310 e. The Balaban J connectivity index is 0.940. The lowest BCUT2D eigenvalue weighted by atomic mass is 9.91. The molecule has 0 aliphatic carbocycles. The van der Waals surface area contributed by atoms with Crippen molar-refractivity contribution >= 4 is 70.4 Å². The lowest BCUT2D eigenvalue weighted by molar-refractivity contribution is 1.18. The van der Waals surface area contributed by atoms with E-state index in [0.717, 1.165) is 78.4 Å². The second-order valence-electron chi connectivity index (χ2n) is 20.9. The number of rotatable bonds is 11. The average Bonchev–Trinajstić information content (AvgIpc) is 4.22. The monoisotopic (exact) mass is 1050 g/mol. The summed E-state index contributed by atoms with van der Waals surface area (Å²) in [6, 6.07) is 116. The van der Waals surface area contributed by atoms with Crippen LogP contribution in [0.4, 0.5) is 17.1 Å². The number of nitrogens with zero attached hydrogens (tertiary/aromatic N) is 2. The Morgan fingerprint density at radius 2 is 0.642 bits per heavy atom. The highest BCUT2D eigenvalue weighted by Crippen LogP contribution is 2.46. The summed E-state index contributed by atoms with van der Waals surface area (Å²) >= 11 is 1.86. The van der Waals surface area contributed by atoms with E-state index in [2.05, 4.69) is 325 Å². The van der Waals surface area contributed by atoms with Gasteiger partial charge in [-0.1, -0.05) is 206 Å². The molecule has 13 aromatic carbocycles. The van der Waals surface area contributed by atoms with Gasteiger partial charge in [-0.15, -0.1) is 11.3 Å². The van der Waals surface area contributed by atoms with Crippen LogP contribution in [0, 0.1) is 0 Å². The zero-order chi connectivity index (χ0) is 53.6. The molecule has 3 heteroatoms. The van der Waals surface area contributed by atoms with Gasteiger partial charge in [0.15, 0.2) is 0 Å². The fourth-order valence-electron chi connectivity index (χ4n) is 12.1. The number of anilines is 3. The number of hydrogen-bond donors (Lipinski definition) is 0. The zero-order valence-corrected chi connectivity index (χ0v) is 45.1. The number of benzene rings is 13. The molecule has 0 aliphatic rings. The molecule has 2 aromatic heterocycles. The summed E-state index contributed by atoms with van der Waals surface area (Å²) in [5, 5.41) is 5.05. The van der Waals surface area contributed by atoms with Crippen LogP contribution < -0.4 is 4.90 Å². The Bertz CT molecular complexity index is 4530. The summed E-state index contributed by atoms with van der Waals surface area (Å²) in [5.41, 5.74) is 23.0. The number of aromatic nitrogens is 1. The minimum absolute atomic E-state index is 1.05. The lowest BCUT2D eigenvalue weighted by Gasteiger charge is -2.28. The van der Waals surface area contributed by atoms with Crippen molar-refractivity contribution in [2.24, 2.45) is 0 Å². The van der Waals surface area contributed by atoms with Gasteiger partial charge >= 0.3 is 0 Å². The number of hydrogen-bond acceptors (Lipinski definition) is 2. The standard InChI is InChI=1S/C78H52N2S/c1-6-21-53(22-7-1)61-44-62(54-23-8-2-9-24-54)49-68(48-61)79(69-50-63(55-25-10-3-11-26-55)45-64(51-69)56-27-12-4-13-28-56)67-40-37-57(38-41-67)59-43-60(58-39-42-77-73(52-58)71-31-17-19-36-76(71)81-77)47-65(46-59)70-33-20-35-75-78(70)72-32-16-18-34-74(72)80(75)66-29-14-5-15-30-66/h1-52H. The molecule has 0 fully saturated rings. The second kappa shape index (κ2) is 20.5. The third-order valence-electron chi connectivity index (χ3n) is 15.9. The van der Waals surface area contributed by atoms with Crippen LogP contribution in [0.3, 0.4) is 0 Å². The van der Waals surface area contributed by atoms with Crippen LogP contribution in [0.25, 0.3) is 126 Å². The van der Waals surface area contributed by atoms with Gasteiger partial charge in [0.1, 0.15) is 0 Å². The van der Waals surface area contributed by atoms with E-state index in [1.54, 1.807) is 0 Å². The van der Waals surface area contributed by atoms with Crippen LogP contribution in [-0.4, -0.2) is 4.57 Å². The fraction of sp³-hybridized carbons (Fsp3) is 0. The van der Waals surface area contributed by atoms with E-state index in [0.29, 0.717) is 0 Å². The minimum atomic E-state index is 1.05. The highest BCUT2D eigenvalue weighted by molar-refractivity contribution is 7.25. The highest BCUT2D eigenvalue weighted by atomic mass is 32.1. The van der Waals surface area contributed by atoms with Crippen molar-refractivity contribution in [3.05, 3.63) is 315 Å². The molecule has 0 atom stereocenters. The fourth-order valence-corrected chi connectivity index (χ4v) is 13.1. The van der Waals surface area contributed by atoms with Crippen molar-refractivity contribution in [2.45, 2.75) is 0 Å². The Hall–Kier alpha value is -10.3. The van der Waals surface area contributed by atoms with Gasteiger partial charge in [0.25, 0.3) is 0 Å². The maximum Gasteiger partial charge on any atom is 0.0547 e. The number of thiophene rings is 1. The van der Waals surface area contributed by atoms with Gasteiger partial charge in [0, 0.05) is 53.7 Å². The van der Waals surface area contributed by atoms with Crippen LogP contribution in [0.15, 0.2) is 315 Å². The first-order chi connectivity index (χ1) is 40.1. The molecule has 0 radical (unpaired) electrons. The van der Waals surface area contributed by atoms with Crippen LogP contribution in [-0.2, 0) is 0 Å². The maximum atomic E-state index is 2.45. The Labute approximate surface area is 476 Å². The van der Waals surface area contributed by atoms with E-state index in [9.17, 15) is 0 Å². The summed E-state index contributed by atoms with van der Waals surface area (Å²) in [4.78, 5) is 2.45. The van der Waals surface area contributed by atoms with Crippen molar-refractivity contribution in [3.63, 3.8) is 0 Å². The second-order valence-corrected chi connectivity index (χ2v) is 22.0. The van der Waals surface area contributed by atoms with Crippen LogP contribution >= 0.6 is 11.3 Å². The first-order valence-corrected chi connectivity index (χ1v) is 28.5. The molecular weight excluding hydrogens is 997 g/mol. The third kappa shape index (κ3) is 8.97. The van der Waals surface area contributed by atoms with Gasteiger partial charge < -0.3 is 9.47 Å². The summed E-state index contributed by atoms with van der Waals surface area (Å²) < 4.78 is 5.02. The molecule has 15 aromatic rings. The van der Waals surface area contributed by atoms with E-state index >= 15 is 0 Å². The minimum Gasteiger partial charge on any atom is -0.310 e. The van der Waals surface area contributed by atoms with Gasteiger partial charge in [0.2, 0.25) is 0 Å². The first-order valence-electron chi connectivity index (χ1n) is 27.7. The summed E-state index contributed by atoms with van der Waals surface area (Å²) in [7, 11) is 0. The Morgan fingerprint density at radius 1 is 0.235 bits per heavy atom. The van der Waals surface area contributed by atoms with Gasteiger partial charge in [-0.2, -0.15) is 0 Å². The number of fused-ring (bicyclic) bond motifs is 6. The topological polar surface area (TPSA) is 8.17 Å². The molecule has 2 nitrogen and oxygen atoms in total. The van der Waals surface area contributed by atoms with Gasteiger partial charge in [-0.05, 0) is 187 Å². The van der Waals surface area contributed by atoms with Gasteiger partial charge in [-0.3, -0.25) is 0 Å². The predicted molar refractivity (Wildman–Crippen MR) is 346 cm³/mol. The molecule has 0 bridgehead atoms. The Kier molecular flexibility index (Phi) is 12.1. The molecule has 0 saturated heterocycles. The molecule has 0 N–H and O–H groups in total. The molecule has 15 rings (SSSR count). The lowest BCUT2D eigenvalue weighted by Crippen LogP contribution is -2.11. The van der Waals surface area contributed by atoms with Crippen molar-refractivity contribution in [1.82, 2.24) is 4.57 Å². The van der Waals surface area contributed by atoms with Crippen LogP contribution in [0.1, 0.15) is 0 Å².